The van der Waals surface area contributed by atoms with Crippen LogP contribution in [0, 0.1) is 0 Å². The van der Waals surface area contributed by atoms with Gasteiger partial charge in [-0.15, -0.1) is 11.3 Å². The van der Waals surface area contributed by atoms with E-state index in [2.05, 4.69) is 10.2 Å². The van der Waals surface area contributed by atoms with Crippen LogP contribution >= 0.6 is 11.3 Å². The lowest BCUT2D eigenvalue weighted by Crippen LogP contribution is -2.39. The van der Waals surface area contributed by atoms with Gasteiger partial charge in [0.2, 0.25) is 0 Å². The maximum atomic E-state index is 11.6. The molecule has 0 bridgehead atoms. The van der Waals surface area contributed by atoms with Crippen molar-refractivity contribution in [2.75, 3.05) is 20.6 Å². The molecular weight excluding hydrogens is 196 g/mol. The number of thiophene rings is 1. The lowest BCUT2D eigenvalue weighted by atomic mass is 10.3. The summed E-state index contributed by atoms with van der Waals surface area (Å²) in [4.78, 5) is 14.4. The van der Waals surface area contributed by atoms with E-state index in [9.17, 15) is 4.79 Å². The van der Waals surface area contributed by atoms with E-state index >= 15 is 0 Å². The van der Waals surface area contributed by atoms with Crippen LogP contribution in [0.5, 0.6) is 0 Å². The van der Waals surface area contributed by atoms with Gasteiger partial charge in [0.15, 0.2) is 0 Å². The third kappa shape index (κ3) is 3.47. The molecular formula is C10H16N2OS. The summed E-state index contributed by atoms with van der Waals surface area (Å²) in [5.41, 5.74) is 0. The standard InChI is InChI=1S/C10H16N2OS/c1-8(7-12(2)3)11-10(13)9-5-4-6-14-9/h4-6,8H,7H2,1-3H3,(H,11,13). The number of nitrogens with zero attached hydrogens (tertiary/aromatic N) is 1. The molecule has 0 radical (unpaired) electrons. The van der Waals surface area contributed by atoms with Crippen molar-refractivity contribution in [3.8, 4) is 0 Å². The molecule has 1 unspecified atom stereocenters. The maximum absolute atomic E-state index is 11.6. The van der Waals surface area contributed by atoms with Gasteiger partial charge in [-0.25, -0.2) is 0 Å². The Balaban J connectivity index is 2.41. The highest BCUT2D eigenvalue weighted by Gasteiger charge is 2.10. The Hall–Kier alpha value is -0.870. The first kappa shape index (κ1) is 11.2. The largest absolute Gasteiger partial charge is 0.348 e. The van der Waals surface area contributed by atoms with Crippen molar-refractivity contribution < 1.29 is 4.79 Å². The lowest BCUT2D eigenvalue weighted by molar-refractivity contribution is 0.0938. The summed E-state index contributed by atoms with van der Waals surface area (Å²) in [6.45, 7) is 2.86. The van der Waals surface area contributed by atoms with Crippen LogP contribution in [0.2, 0.25) is 0 Å². The molecule has 1 amide bonds. The van der Waals surface area contributed by atoms with E-state index in [-0.39, 0.29) is 11.9 Å². The van der Waals surface area contributed by atoms with E-state index in [1.807, 2.05) is 38.5 Å². The Kier molecular flexibility index (Phi) is 4.10. The molecule has 0 fully saturated rings. The molecule has 0 aliphatic heterocycles. The number of carbonyl (C=O) groups excluding carboxylic acids is 1. The van der Waals surface area contributed by atoms with E-state index in [0.29, 0.717) is 0 Å². The predicted molar refractivity (Wildman–Crippen MR) is 59.8 cm³/mol. The van der Waals surface area contributed by atoms with E-state index < -0.39 is 0 Å². The van der Waals surface area contributed by atoms with Gasteiger partial charge in [0.1, 0.15) is 0 Å². The molecule has 78 valence electrons. The number of hydrogen-bond donors (Lipinski definition) is 1. The Labute approximate surface area is 88.7 Å². The van der Waals surface area contributed by atoms with Crippen LogP contribution in [-0.4, -0.2) is 37.5 Å². The fourth-order valence-corrected chi connectivity index (χ4v) is 1.92. The molecule has 0 spiro atoms. The van der Waals surface area contributed by atoms with Gasteiger partial charge in [-0.3, -0.25) is 4.79 Å². The third-order valence-electron chi connectivity index (χ3n) is 1.76. The fraction of sp³-hybridized carbons (Fsp3) is 0.500. The molecule has 0 aliphatic rings. The van der Waals surface area contributed by atoms with Gasteiger partial charge >= 0.3 is 0 Å². The normalized spacial score (nSPS) is 12.9. The minimum absolute atomic E-state index is 0.0225. The molecule has 1 rings (SSSR count). The van der Waals surface area contributed by atoms with Gasteiger partial charge in [-0.1, -0.05) is 6.07 Å². The maximum Gasteiger partial charge on any atom is 0.261 e. The van der Waals surface area contributed by atoms with Crippen molar-refractivity contribution in [1.82, 2.24) is 10.2 Å². The van der Waals surface area contributed by atoms with Gasteiger partial charge in [0, 0.05) is 12.6 Å². The van der Waals surface area contributed by atoms with Crippen molar-refractivity contribution in [2.45, 2.75) is 13.0 Å². The van der Waals surface area contributed by atoms with E-state index in [1.165, 1.54) is 11.3 Å². The second-order valence-corrected chi connectivity index (χ2v) is 4.56. The van der Waals surface area contributed by atoms with Gasteiger partial charge in [-0.2, -0.15) is 0 Å². The fourth-order valence-electron chi connectivity index (χ4n) is 1.30. The highest BCUT2D eigenvalue weighted by molar-refractivity contribution is 7.12. The molecule has 1 aromatic rings. The van der Waals surface area contributed by atoms with Crippen LogP contribution in [0.15, 0.2) is 17.5 Å². The second-order valence-electron chi connectivity index (χ2n) is 3.61. The van der Waals surface area contributed by atoms with Crippen LogP contribution in [-0.2, 0) is 0 Å². The zero-order valence-electron chi connectivity index (χ0n) is 8.78. The first-order valence-electron chi connectivity index (χ1n) is 4.58. The SMILES string of the molecule is CC(CN(C)C)NC(=O)c1cccs1. The zero-order valence-corrected chi connectivity index (χ0v) is 9.60. The number of nitrogens with one attached hydrogen (secondary N) is 1. The summed E-state index contributed by atoms with van der Waals surface area (Å²) in [5, 5.41) is 4.85. The Morgan fingerprint density at radius 1 is 1.64 bits per heavy atom. The summed E-state index contributed by atoms with van der Waals surface area (Å²) >= 11 is 1.47. The number of amides is 1. The molecule has 1 aromatic heterocycles. The van der Waals surface area contributed by atoms with Crippen molar-refractivity contribution in [3.05, 3.63) is 22.4 Å². The van der Waals surface area contributed by atoms with Crippen molar-refractivity contribution in [1.29, 1.82) is 0 Å². The Morgan fingerprint density at radius 3 is 2.86 bits per heavy atom. The molecule has 0 saturated carbocycles. The van der Waals surface area contributed by atoms with Gasteiger partial charge in [0.25, 0.3) is 5.91 Å². The van der Waals surface area contributed by atoms with Crippen LogP contribution in [0.3, 0.4) is 0 Å². The molecule has 14 heavy (non-hydrogen) atoms. The quantitative estimate of drug-likeness (QED) is 0.819. The van der Waals surface area contributed by atoms with Crippen molar-refractivity contribution in [3.63, 3.8) is 0 Å². The number of likely N-dealkylation sites (N-methyl/N-ethyl adjacent to an activating group) is 1. The third-order valence-corrected chi connectivity index (χ3v) is 2.63. The molecule has 1 N–H and O–H groups in total. The highest BCUT2D eigenvalue weighted by atomic mass is 32.1. The topological polar surface area (TPSA) is 32.3 Å². The van der Waals surface area contributed by atoms with Crippen molar-refractivity contribution >= 4 is 17.2 Å². The minimum Gasteiger partial charge on any atom is -0.348 e. The molecule has 3 nitrogen and oxygen atoms in total. The summed E-state index contributed by atoms with van der Waals surface area (Å²) in [6.07, 6.45) is 0. The molecule has 0 saturated heterocycles. The summed E-state index contributed by atoms with van der Waals surface area (Å²) in [7, 11) is 3.99. The Morgan fingerprint density at radius 2 is 2.36 bits per heavy atom. The molecule has 1 heterocycles. The lowest BCUT2D eigenvalue weighted by Gasteiger charge is -2.17. The first-order chi connectivity index (χ1) is 6.59. The first-order valence-corrected chi connectivity index (χ1v) is 5.46. The second kappa shape index (κ2) is 5.12. The van der Waals surface area contributed by atoms with E-state index in [1.54, 1.807) is 0 Å². The van der Waals surface area contributed by atoms with Crippen LogP contribution in [0.4, 0.5) is 0 Å². The van der Waals surface area contributed by atoms with Crippen LogP contribution < -0.4 is 5.32 Å². The molecule has 4 heteroatoms. The van der Waals surface area contributed by atoms with E-state index in [4.69, 9.17) is 0 Å². The van der Waals surface area contributed by atoms with Gasteiger partial charge < -0.3 is 10.2 Å². The molecule has 0 aliphatic carbocycles. The molecule has 0 aromatic carbocycles. The van der Waals surface area contributed by atoms with Gasteiger partial charge in [0.05, 0.1) is 4.88 Å². The average molecular weight is 212 g/mol. The number of carbonyl (C=O) groups is 1. The minimum atomic E-state index is 0.0225. The summed E-state index contributed by atoms with van der Waals surface area (Å²) in [5.74, 6) is 0.0225. The van der Waals surface area contributed by atoms with Crippen LogP contribution in [0.25, 0.3) is 0 Å². The zero-order chi connectivity index (χ0) is 10.6. The van der Waals surface area contributed by atoms with Gasteiger partial charge in [-0.05, 0) is 32.5 Å². The Bertz CT molecular complexity index is 282. The molecule has 1 atom stereocenters. The monoisotopic (exact) mass is 212 g/mol. The van der Waals surface area contributed by atoms with E-state index in [0.717, 1.165) is 11.4 Å². The number of hydrogen-bond acceptors (Lipinski definition) is 3. The number of rotatable bonds is 4. The predicted octanol–water partition coefficient (Wildman–Crippen LogP) is 1.43. The van der Waals surface area contributed by atoms with Crippen molar-refractivity contribution in [2.24, 2.45) is 0 Å². The smallest absolute Gasteiger partial charge is 0.261 e. The van der Waals surface area contributed by atoms with Crippen LogP contribution in [0.1, 0.15) is 16.6 Å². The summed E-state index contributed by atoms with van der Waals surface area (Å²) < 4.78 is 0. The highest BCUT2D eigenvalue weighted by Crippen LogP contribution is 2.07. The summed E-state index contributed by atoms with van der Waals surface area (Å²) in [6, 6.07) is 3.90. The average Bonchev–Trinajstić information content (AvgIpc) is 2.53.